The smallest absolute Gasteiger partial charge is 0.326 e. The molecule has 0 spiro atoms. The van der Waals surface area contributed by atoms with Crippen molar-refractivity contribution < 1.29 is 9.90 Å². The number of anilines is 1. The number of carbonyl (C=O) groups is 1. The summed E-state index contributed by atoms with van der Waals surface area (Å²) in [6, 6.07) is 5.41. The Labute approximate surface area is 76.4 Å². The van der Waals surface area contributed by atoms with E-state index < -0.39 is 12.0 Å². The van der Waals surface area contributed by atoms with Gasteiger partial charge in [0, 0.05) is 12.1 Å². The molecule has 1 atom stereocenters. The van der Waals surface area contributed by atoms with E-state index in [-0.39, 0.29) is 0 Å². The lowest BCUT2D eigenvalue weighted by molar-refractivity contribution is -0.137. The number of hydrogen-bond donors (Lipinski definition) is 2. The largest absolute Gasteiger partial charge is 0.480 e. The van der Waals surface area contributed by atoms with Crippen LogP contribution in [0, 0.1) is 6.92 Å². The van der Waals surface area contributed by atoms with Gasteiger partial charge >= 0.3 is 5.97 Å². The third-order valence-electron chi connectivity index (χ3n) is 2.45. The molecule has 1 aliphatic rings. The number of rotatable bonds is 1. The fourth-order valence-electron chi connectivity index (χ4n) is 1.70. The number of fused-ring (bicyclic) bond motifs is 1. The highest BCUT2D eigenvalue weighted by molar-refractivity contribution is 5.81. The number of carboxylic acids is 1. The maximum atomic E-state index is 10.7. The molecule has 1 aliphatic heterocycles. The van der Waals surface area contributed by atoms with E-state index in [4.69, 9.17) is 5.11 Å². The quantitative estimate of drug-likeness (QED) is 0.682. The summed E-state index contributed by atoms with van der Waals surface area (Å²) < 4.78 is 0. The third-order valence-corrected chi connectivity index (χ3v) is 2.45. The lowest BCUT2D eigenvalue weighted by Crippen LogP contribution is -2.26. The molecule has 0 amide bonds. The van der Waals surface area contributed by atoms with Gasteiger partial charge in [-0.05, 0) is 24.1 Å². The zero-order valence-corrected chi connectivity index (χ0v) is 7.37. The number of aryl methyl sites for hydroxylation is 1. The van der Waals surface area contributed by atoms with Crippen molar-refractivity contribution in [2.45, 2.75) is 19.4 Å². The van der Waals surface area contributed by atoms with Crippen molar-refractivity contribution in [3.05, 3.63) is 29.3 Å². The molecule has 1 heterocycles. The van der Waals surface area contributed by atoms with Gasteiger partial charge in [-0.2, -0.15) is 0 Å². The van der Waals surface area contributed by atoms with Crippen LogP contribution in [0.15, 0.2) is 18.2 Å². The first-order valence-electron chi connectivity index (χ1n) is 4.26. The van der Waals surface area contributed by atoms with Crippen LogP contribution in [-0.2, 0) is 11.2 Å². The Bertz CT molecular complexity index is 360. The average Bonchev–Trinajstić information content (AvgIpc) is 2.49. The Balaban J connectivity index is 2.35. The molecule has 3 heteroatoms. The van der Waals surface area contributed by atoms with E-state index in [0.29, 0.717) is 6.42 Å². The highest BCUT2D eigenvalue weighted by Crippen LogP contribution is 2.28. The minimum absolute atomic E-state index is 0.448. The zero-order chi connectivity index (χ0) is 9.42. The van der Waals surface area contributed by atoms with E-state index in [9.17, 15) is 4.79 Å². The van der Waals surface area contributed by atoms with E-state index in [1.54, 1.807) is 0 Å². The molecule has 0 bridgehead atoms. The Hall–Kier alpha value is -1.51. The van der Waals surface area contributed by atoms with Crippen molar-refractivity contribution in [2.24, 2.45) is 0 Å². The van der Waals surface area contributed by atoms with Crippen molar-refractivity contribution in [3.8, 4) is 0 Å². The molecule has 0 saturated heterocycles. The molecule has 1 unspecified atom stereocenters. The van der Waals surface area contributed by atoms with E-state index in [1.807, 2.05) is 25.1 Å². The Kier molecular flexibility index (Phi) is 1.72. The van der Waals surface area contributed by atoms with E-state index in [1.165, 1.54) is 0 Å². The number of aliphatic carboxylic acids is 1. The molecule has 0 saturated carbocycles. The molecule has 0 aromatic heterocycles. The van der Waals surface area contributed by atoms with Crippen molar-refractivity contribution in [3.63, 3.8) is 0 Å². The molecule has 0 aliphatic carbocycles. The first-order chi connectivity index (χ1) is 6.18. The molecule has 2 N–H and O–H groups in total. The summed E-state index contributed by atoms with van der Waals surface area (Å²) in [7, 11) is 0. The maximum absolute atomic E-state index is 10.7. The number of nitrogens with one attached hydrogen (secondary N) is 1. The van der Waals surface area contributed by atoms with Gasteiger partial charge in [0.25, 0.3) is 0 Å². The maximum Gasteiger partial charge on any atom is 0.326 e. The van der Waals surface area contributed by atoms with Crippen LogP contribution in [0.3, 0.4) is 0 Å². The summed E-state index contributed by atoms with van der Waals surface area (Å²) in [5, 5.41) is 11.8. The van der Waals surface area contributed by atoms with Crippen LogP contribution in [0.25, 0.3) is 0 Å². The standard InChI is InChI=1S/C10H11NO2/c1-6-3-2-4-8-7(6)5-9(11-8)10(12)13/h2-4,9,11H,5H2,1H3,(H,12,13). The normalized spacial score (nSPS) is 19.3. The van der Waals surface area contributed by atoms with Gasteiger partial charge in [-0.1, -0.05) is 12.1 Å². The van der Waals surface area contributed by atoms with Crippen LogP contribution >= 0.6 is 0 Å². The highest BCUT2D eigenvalue weighted by Gasteiger charge is 2.26. The van der Waals surface area contributed by atoms with Gasteiger partial charge in [0.1, 0.15) is 6.04 Å². The molecule has 68 valence electrons. The number of benzene rings is 1. The summed E-state index contributed by atoms with van der Waals surface area (Å²) in [6.45, 7) is 2.00. The lowest BCUT2D eigenvalue weighted by atomic mass is 10.0. The first kappa shape index (κ1) is 8.10. The fraction of sp³-hybridized carbons (Fsp3) is 0.300. The predicted octanol–water partition coefficient (Wildman–Crippen LogP) is 1.42. The minimum Gasteiger partial charge on any atom is -0.480 e. The number of carboxylic acid groups (broad SMARTS) is 1. The monoisotopic (exact) mass is 177 g/mol. The molecular weight excluding hydrogens is 166 g/mol. The summed E-state index contributed by atoms with van der Waals surface area (Å²) in [5.74, 6) is -0.782. The van der Waals surface area contributed by atoms with Crippen LogP contribution in [0.4, 0.5) is 5.69 Å². The van der Waals surface area contributed by atoms with Gasteiger partial charge in [-0.25, -0.2) is 4.79 Å². The second kappa shape index (κ2) is 2.76. The van der Waals surface area contributed by atoms with Gasteiger partial charge in [0.15, 0.2) is 0 Å². The molecule has 0 fully saturated rings. The topological polar surface area (TPSA) is 49.3 Å². The van der Waals surface area contributed by atoms with Gasteiger partial charge in [0.2, 0.25) is 0 Å². The van der Waals surface area contributed by atoms with Gasteiger partial charge < -0.3 is 10.4 Å². The zero-order valence-electron chi connectivity index (χ0n) is 7.37. The highest BCUT2D eigenvalue weighted by atomic mass is 16.4. The van der Waals surface area contributed by atoms with Crippen molar-refractivity contribution in [1.29, 1.82) is 0 Å². The van der Waals surface area contributed by atoms with Gasteiger partial charge in [-0.15, -0.1) is 0 Å². The average molecular weight is 177 g/mol. The Morgan fingerprint density at radius 1 is 1.62 bits per heavy atom. The van der Waals surface area contributed by atoms with Crippen LogP contribution in [0.5, 0.6) is 0 Å². The molecule has 0 radical (unpaired) electrons. The lowest BCUT2D eigenvalue weighted by Gasteiger charge is -2.03. The summed E-state index contributed by atoms with van der Waals surface area (Å²) >= 11 is 0. The van der Waals surface area contributed by atoms with Crippen molar-refractivity contribution >= 4 is 11.7 Å². The SMILES string of the molecule is Cc1cccc2c1CC(C(=O)O)N2. The number of hydrogen-bond acceptors (Lipinski definition) is 2. The molecule has 3 nitrogen and oxygen atoms in total. The summed E-state index contributed by atoms with van der Waals surface area (Å²) in [5.41, 5.74) is 3.26. The summed E-state index contributed by atoms with van der Waals surface area (Å²) in [6.07, 6.45) is 0.595. The van der Waals surface area contributed by atoms with E-state index in [2.05, 4.69) is 5.32 Å². The minimum atomic E-state index is -0.782. The Morgan fingerprint density at radius 2 is 2.38 bits per heavy atom. The van der Waals surface area contributed by atoms with Crippen molar-refractivity contribution in [2.75, 3.05) is 5.32 Å². The van der Waals surface area contributed by atoms with Crippen LogP contribution < -0.4 is 5.32 Å². The van der Waals surface area contributed by atoms with Crippen LogP contribution in [0.1, 0.15) is 11.1 Å². The van der Waals surface area contributed by atoms with Crippen molar-refractivity contribution in [1.82, 2.24) is 0 Å². The third kappa shape index (κ3) is 1.26. The van der Waals surface area contributed by atoms with Crippen LogP contribution in [0.2, 0.25) is 0 Å². The predicted molar refractivity (Wildman–Crippen MR) is 49.9 cm³/mol. The first-order valence-corrected chi connectivity index (χ1v) is 4.26. The second-order valence-corrected chi connectivity index (χ2v) is 3.34. The van der Waals surface area contributed by atoms with Gasteiger partial charge in [0.05, 0.1) is 0 Å². The van der Waals surface area contributed by atoms with E-state index >= 15 is 0 Å². The van der Waals surface area contributed by atoms with Gasteiger partial charge in [-0.3, -0.25) is 0 Å². The molecule has 1 aromatic rings. The molecule has 13 heavy (non-hydrogen) atoms. The van der Waals surface area contributed by atoms with Crippen LogP contribution in [-0.4, -0.2) is 17.1 Å². The molecular formula is C10H11NO2. The Morgan fingerprint density at radius 3 is 3.00 bits per heavy atom. The second-order valence-electron chi connectivity index (χ2n) is 3.34. The van der Waals surface area contributed by atoms with E-state index in [0.717, 1.165) is 16.8 Å². The summed E-state index contributed by atoms with van der Waals surface area (Å²) in [4.78, 5) is 10.7. The molecule has 1 aromatic carbocycles. The fourth-order valence-corrected chi connectivity index (χ4v) is 1.70. The molecule has 2 rings (SSSR count).